The van der Waals surface area contributed by atoms with Crippen LogP contribution in [0.15, 0.2) is 18.2 Å². The third kappa shape index (κ3) is 4.48. The molecule has 0 spiro atoms. The summed E-state index contributed by atoms with van der Waals surface area (Å²) < 4.78 is 82.9. The zero-order valence-corrected chi connectivity index (χ0v) is 17.1. The van der Waals surface area contributed by atoms with E-state index in [1.807, 2.05) is 0 Å². The Bertz CT molecular complexity index is 1670. The molecule has 7 nitrogen and oxygen atoms in total. The Labute approximate surface area is 197 Å². The van der Waals surface area contributed by atoms with Crippen LogP contribution in [0.3, 0.4) is 0 Å². The molecule has 13 heteroatoms. The molecular formula is C23H3F6N7. The molecule has 0 amide bonds. The third-order valence-electron chi connectivity index (χ3n) is 4.66. The summed E-state index contributed by atoms with van der Waals surface area (Å²) in [5, 5.41) is 64.0. The number of hydrogen-bond acceptors (Lipinski definition) is 7. The highest BCUT2D eigenvalue weighted by Gasteiger charge is 2.44. The molecule has 0 bridgehead atoms. The summed E-state index contributed by atoms with van der Waals surface area (Å²) in [5.74, 6) is 0. The van der Waals surface area contributed by atoms with E-state index in [0.717, 1.165) is 24.3 Å². The molecule has 2 aromatic rings. The fourth-order valence-corrected chi connectivity index (χ4v) is 3.26. The van der Waals surface area contributed by atoms with Gasteiger partial charge >= 0.3 is 12.4 Å². The second kappa shape index (κ2) is 9.59. The number of halogens is 6. The third-order valence-corrected chi connectivity index (χ3v) is 4.66. The molecule has 0 aliphatic carbocycles. The van der Waals surface area contributed by atoms with Gasteiger partial charge in [-0.05, 0) is 18.2 Å². The van der Waals surface area contributed by atoms with Crippen molar-refractivity contribution in [2.75, 3.05) is 0 Å². The number of nitriles is 7. The number of alkyl halides is 6. The molecule has 2 aromatic carbocycles. The first-order chi connectivity index (χ1) is 16.8. The van der Waals surface area contributed by atoms with E-state index in [1.165, 1.54) is 30.3 Å². The Kier molecular flexibility index (Phi) is 7.04. The number of nitrogens with zero attached hydrogens (tertiary/aromatic N) is 7. The van der Waals surface area contributed by atoms with E-state index >= 15 is 0 Å². The topological polar surface area (TPSA) is 167 Å². The van der Waals surface area contributed by atoms with Crippen LogP contribution in [0.1, 0.15) is 38.9 Å². The predicted molar refractivity (Wildman–Crippen MR) is 104 cm³/mol. The van der Waals surface area contributed by atoms with Crippen molar-refractivity contribution in [1.82, 2.24) is 0 Å². The lowest BCUT2D eigenvalue weighted by Gasteiger charge is -2.19. The molecule has 0 saturated heterocycles. The molecule has 0 aliphatic heterocycles. The van der Waals surface area contributed by atoms with Crippen LogP contribution in [0.4, 0.5) is 26.3 Å². The molecule has 2 rings (SSSR count). The summed E-state index contributed by atoms with van der Waals surface area (Å²) in [5.41, 5.74) is -12.1. The minimum atomic E-state index is -5.56. The maximum atomic E-state index is 14.0. The fourth-order valence-electron chi connectivity index (χ4n) is 3.26. The van der Waals surface area contributed by atoms with Gasteiger partial charge in [0, 0.05) is 16.0 Å². The zero-order valence-electron chi connectivity index (χ0n) is 17.1. The molecule has 0 atom stereocenters. The molecule has 0 heterocycles. The number of benzene rings is 2. The van der Waals surface area contributed by atoms with Gasteiger partial charge in [0.05, 0.1) is 51.1 Å². The monoisotopic (exact) mass is 491 g/mol. The minimum Gasteiger partial charge on any atom is -0.192 e. The molecule has 0 fully saturated rings. The lowest BCUT2D eigenvalue weighted by atomic mass is 9.86. The van der Waals surface area contributed by atoms with Gasteiger partial charge in [0.25, 0.3) is 0 Å². The quantitative estimate of drug-likeness (QED) is 0.552. The molecule has 0 N–H and O–H groups in total. The largest absolute Gasteiger partial charge is 0.418 e. The summed E-state index contributed by atoms with van der Waals surface area (Å²) in [6.07, 6.45) is -11.0. The molecule has 0 saturated carbocycles. The van der Waals surface area contributed by atoms with E-state index in [9.17, 15) is 47.4 Å². The van der Waals surface area contributed by atoms with Crippen LogP contribution in [0.5, 0.6) is 0 Å². The molecule has 0 radical (unpaired) electrons. The van der Waals surface area contributed by atoms with Gasteiger partial charge < -0.3 is 0 Å². The van der Waals surface area contributed by atoms with Crippen molar-refractivity contribution in [3.05, 3.63) is 67.6 Å². The lowest BCUT2D eigenvalue weighted by molar-refractivity contribution is -0.141. The molecule has 36 heavy (non-hydrogen) atoms. The normalized spacial score (nSPS) is 10.3. The van der Waals surface area contributed by atoms with Crippen molar-refractivity contribution >= 4 is 11.1 Å². The van der Waals surface area contributed by atoms with Crippen LogP contribution in [-0.4, -0.2) is 0 Å². The van der Waals surface area contributed by atoms with Crippen LogP contribution in [0.2, 0.25) is 0 Å². The van der Waals surface area contributed by atoms with E-state index in [4.69, 9.17) is 15.8 Å². The van der Waals surface area contributed by atoms with Crippen molar-refractivity contribution in [1.29, 1.82) is 36.8 Å². The highest BCUT2D eigenvalue weighted by Crippen LogP contribution is 2.43. The Hall–Kier alpha value is -5.81. The molecular weight excluding hydrogens is 488 g/mol. The van der Waals surface area contributed by atoms with Crippen molar-refractivity contribution in [2.24, 2.45) is 0 Å². The van der Waals surface area contributed by atoms with Crippen LogP contribution >= 0.6 is 0 Å². The standard InChI is InChI=1S/C23H3F6N7/c24-22(25,26)19-3-15(21(23(27,28)29)18(10-36)16(19)8-34)17(9-35)20-12(4-30)1-11(2-13(20)5-31)14(6-32)7-33/h1-3H. The first kappa shape index (κ1) is 26.4. The van der Waals surface area contributed by atoms with Gasteiger partial charge in [-0.2, -0.15) is 63.2 Å². The second-order valence-corrected chi connectivity index (χ2v) is 6.57. The Morgan fingerprint density at radius 1 is 0.611 bits per heavy atom. The lowest BCUT2D eigenvalue weighted by Crippen LogP contribution is -2.24. The fraction of sp³-hybridized carbons (Fsp3) is 0.0870. The highest BCUT2D eigenvalue weighted by atomic mass is 19.4. The van der Waals surface area contributed by atoms with Crippen molar-refractivity contribution in [2.45, 2.75) is 12.4 Å². The minimum absolute atomic E-state index is 0.154. The Balaban J connectivity index is 3.48. The van der Waals surface area contributed by atoms with Gasteiger partial charge in [-0.3, -0.25) is 0 Å². The van der Waals surface area contributed by atoms with Gasteiger partial charge in [-0.1, -0.05) is 0 Å². The zero-order chi connectivity index (χ0) is 27.4. The molecule has 0 aliphatic rings. The first-order valence-electron chi connectivity index (χ1n) is 8.93. The second-order valence-electron chi connectivity index (χ2n) is 6.57. The summed E-state index contributed by atoms with van der Waals surface area (Å²) in [6, 6.07) is 10.4. The average molecular weight is 491 g/mol. The van der Waals surface area contributed by atoms with E-state index in [1.54, 1.807) is 0 Å². The molecule has 0 aromatic heterocycles. The smallest absolute Gasteiger partial charge is 0.192 e. The van der Waals surface area contributed by atoms with E-state index in [2.05, 4.69) is 0 Å². The molecule has 0 unspecified atom stereocenters. The number of rotatable bonds is 1. The van der Waals surface area contributed by atoms with Gasteiger partial charge in [0.1, 0.15) is 35.9 Å². The van der Waals surface area contributed by atoms with Crippen LogP contribution in [-0.2, 0) is 12.4 Å². The SMILES string of the molecule is N#CC(C#N)=c1cc(C#N)c(=C(C#N)c2cc(C(F)(F)F)c(C#N)c(C#N)c2C(F)(F)F)c(C#N)c1. The maximum Gasteiger partial charge on any atom is 0.418 e. The average Bonchev–Trinajstić information content (AvgIpc) is 2.83. The van der Waals surface area contributed by atoms with Gasteiger partial charge in [-0.15, -0.1) is 0 Å². The van der Waals surface area contributed by atoms with Gasteiger partial charge in [-0.25, -0.2) is 0 Å². The predicted octanol–water partition coefficient (Wildman–Crippen LogP) is 3.13. The summed E-state index contributed by atoms with van der Waals surface area (Å²) >= 11 is 0. The van der Waals surface area contributed by atoms with Crippen molar-refractivity contribution in [3.8, 4) is 42.5 Å². The Morgan fingerprint density at radius 2 is 1.11 bits per heavy atom. The first-order valence-corrected chi connectivity index (χ1v) is 8.93. The van der Waals surface area contributed by atoms with Crippen LogP contribution in [0.25, 0.3) is 11.1 Å². The summed E-state index contributed by atoms with van der Waals surface area (Å²) in [6.45, 7) is 0. The van der Waals surface area contributed by atoms with E-state index in [0.29, 0.717) is 0 Å². The maximum absolute atomic E-state index is 14.0. The highest BCUT2D eigenvalue weighted by molar-refractivity contribution is 5.84. The molecule has 172 valence electrons. The van der Waals surface area contributed by atoms with Gasteiger partial charge in [0.2, 0.25) is 0 Å². The van der Waals surface area contributed by atoms with Crippen molar-refractivity contribution < 1.29 is 26.3 Å². The van der Waals surface area contributed by atoms with Crippen LogP contribution in [0, 0.1) is 79.3 Å². The van der Waals surface area contributed by atoms with E-state index in [-0.39, 0.29) is 11.3 Å². The summed E-state index contributed by atoms with van der Waals surface area (Å²) in [4.78, 5) is 0. The Morgan fingerprint density at radius 3 is 1.44 bits per heavy atom. The number of hydrogen-bond donors (Lipinski definition) is 0. The van der Waals surface area contributed by atoms with Gasteiger partial charge in [0.15, 0.2) is 0 Å². The van der Waals surface area contributed by atoms with Crippen molar-refractivity contribution in [3.63, 3.8) is 0 Å². The van der Waals surface area contributed by atoms with E-state index < -0.39 is 67.7 Å². The van der Waals surface area contributed by atoms with Crippen LogP contribution < -0.4 is 10.4 Å². The summed E-state index contributed by atoms with van der Waals surface area (Å²) in [7, 11) is 0.